The van der Waals surface area contributed by atoms with Gasteiger partial charge < -0.3 is 14.5 Å². The van der Waals surface area contributed by atoms with Gasteiger partial charge in [-0.25, -0.2) is 0 Å². The van der Waals surface area contributed by atoms with Gasteiger partial charge in [0.15, 0.2) is 0 Å². The lowest BCUT2D eigenvalue weighted by molar-refractivity contribution is -0.121. The van der Waals surface area contributed by atoms with Gasteiger partial charge in [-0.15, -0.1) is 0 Å². The van der Waals surface area contributed by atoms with E-state index in [4.69, 9.17) is 9.15 Å². The van der Waals surface area contributed by atoms with Gasteiger partial charge in [-0.3, -0.25) is 9.69 Å². The minimum absolute atomic E-state index is 0.108. The molecule has 0 saturated carbocycles. The Morgan fingerprint density at radius 1 is 1.29 bits per heavy atom. The molecule has 1 atom stereocenters. The molecule has 0 spiro atoms. The van der Waals surface area contributed by atoms with Crippen LogP contribution in [0.15, 0.2) is 34.7 Å². The fourth-order valence-electron chi connectivity index (χ4n) is 4.02. The summed E-state index contributed by atoms with van der Waals surface area (Å²) in [5.41, 5.74) is 2.50. The maximum Gasteiger partial charge on any atom is 0.220 e. The quantitative estimate of drug-likeness (QED) is 0.741. The van der Waals surface area contributed by atoms with Crippen molar-refractivity contribution in [3.05, 3.63) is 53.0 Å². The first-order valence-corrected chi connectivity index (χ1v) is 10.2. The highest BCUT2D eigenvalue weighted by Crippen LogP contribution is 2.24. The maximum atomic E-state index is 12.2. The lowest BCUT2D eigenvalue weighted by atomic mass is 9.93. The number of nitrogens with zero attached hydrogens (tertiary/aromatic N) is 1. The minimum atomic E-state index is 0.108. The van der Waals surface area contributed by atoms with Crippen molar-refractivity contribution in [2.24, 2.45) is 5.92 Å². The fourth-order valence-corrected chi connectivity index (χ4v) is 4.02. The number of hydrogen-bond acceptors (Lipinski definition) is 4. The topological polar surface area (TPSA) is 54.7 Å². The van der Waals surface area contributed by atoms with E-state index < -0.39 is 0 Å². The molecule has 1 aliphatic rings. The molecule has 5 nitrogen and oxygen atoms in total. The smallest absolute Gasteiger partial charge is 0.220 e. The second-order valence-corrected chi connectivity index (χ2v) is 7.88. The third kappa shape index (κ3) is 5.86. The number of furan rings is 1. The summed E-state index contributed by atoms with van der Waals surface area (Å²) in [4.78, 5) is 14.7. The van der Waals surface area contributed by atoms with E-state index >= 15 is 0 Å². The average molecular weight is 385 g/mol. The van der Waals surface area contributed by atoms with Crippen LogP contribution in [0.5, 0.6) is 5.75 Å². The van der Waals surface area contributed by atoms with Gasteiger partial charge in [0.25, 0.3) is 0 Å². The first kappa shape index (κ1) is 20.5. The van der Waals surface area contributed by atoms with Gasteiger partial charge in [-0.1, -0.05) is 12.1 Å². The van der Waals surface area contributed by atoms with E-state index in [0.717, 1.165) is 43.3 Å². The van der Waals surface area contributed by atoms with Gasteiger partial charge in [0, 0.05) is 19.5 Å². The minimum Gasteiger partial charge on any atom is -0.496 e. The number of ether oxygens (including phenoxy) is 1. The van der Waals surface area contributed by atoms with Gasteiger partial charge in [-0.05, 0) is 74.9 Å². The van der Waals surface area contributed by atoms with E-state index in [2.05, 4.69) is 35.3 Å². The van der Waals surface area contributed by atoms with Crippen LogP contribution in [-0.4, -0.2) is 31.0 Å². The number of nitrogens with one attached hydrogen (secondary N) is 1. The summed E-state index contributed by atoms with van der Waals surface area (Å²) in [6.07, 6.45) is 3.94. The summed E-state index contributed by atoms with van der Waals surface area (Å²) in [6, 6.07) is 10.3. The van der Waals surface area contributed by atoms with Crippen molar-refractivity contribution in [2.45, 2.75) is 52.6 Å². The maximum absolute atomic E-state index is 12.2. The number of piperidine rings is 1. The first-order valence-electron chi connectivity index (χ1n) is 10.2. The van der Waals surface area contributed by atoms with Crippen LogP contribution >= 0.6 is 0 Å². The average Bonchev–Trinajstić information content (AvgIpc) is 3.10. The second kappa shape index (κ2) is 9.78. The lowest BCUT2D eigenvalue weighted by Gasteiger charge is -2.32. The number of carbonyl (C=O) groups excluding carboxylic acids is 1. The highest BCUT2D eigenvalue weighted by molar-refractivity contribution is 5.75. The predicted molar refractivity (Wildman–Crippen MR) is 110 cm³/mol. The molecule has 0 radical (unpaired) electrons. The normalized spacial score (nSPS) is 17.5. The molecule has 5 heteroatoms. The number of methoxy groups -OCH3 is 1. The number of rotatable bonds is 8. The van der Waals surface area contributed by atoms with Crippen LogP contribution in [-0.2, 0) is 17.9 Å². The van der Waals surface area contributed by atoms with Gasteiger partial charge in [0.2, 0.25) is 5.91 Å². The molecule has 1 saturated heterocycles. The Hall–Kier alpha value is -2.27. The van der Waals surface area contributed by atoms with E-state index in [1.54, 1.807) is 7.11 Å². The molecule has 1 N–H and O–H groups in total. The summed E-state index contributed by atoms with van der Waals surface area (Å²) in [5, 5.41) is 2.96. The summed E-state index contributed by atoms with van der Waals surface area (Å²) in [5.74, 6) is 3.32. The Bertz CT molecular complexity index is 784. The molecule has 0 aliphatic carbocycles. The van der Waals surface area contributed by atoms with Gasteiger partial charge in [-0.2, -0.15) is 0 Å². The Balaban J connectivity index is 1.41. The Labute approximate surface area is 168 Å². The van der Waals surface area contributed by atoms with Gasteiger partial charge in [0.1, 0.15) is 17.3 Å². The van der Waals surface area contributed by atoms with E-state index in [1.165, 1.54) is 24.0 Å². The summed E-state index contributed by atoms with van der Waals surface area (Å²) >= 11 is 0. The Morgan fingerprint density at radius 3 is 2.86 bits per heavy atom. The number of carbonyl (C=O) groups is 1. The molecule has 2 aromatic rings. The summed E-state index contributed by atoms with van der Waals surface area (Å²) in [6.45, 7) is 7.63. The monoisotopic (exact) mass is 384 g/mol. The van der Waals surface area contributed by atoms with Crippen LogP contribution < -0.4 is 10.1 Å². The third-order valence-electron chi connectivity index (χ3n) is 5.50. The number of benzene rings is 1. The Morgan fingerprint density at radius 2 is 2.14 bits per heavy atom. The number of amides is 1. The zero-order valence-electron chi connectivity index (χ0n) is 17.3. The van der Waals surface area contributed by atoms with Crippen LogP contribution in [0.2, 0.25) is 0 Å². The second-order valence-electron chi connectivity index (χ2n) is 7.88. The van der Waals surface area contributed by atoms with E-state index in [0.29, 0.717) is 18.9 Å². The van der Waals surface area contributed by atoms with Crippen molar-refractivity contribution in [1.29, 1.82) is 0 Å². The molecule has 1 aromatic heterocycles. The molecule has 1 fully saturated rings. The van der Waals surface area contributed by atoms with Crippen molar-refractivity contribution >= 4 is 5.91 Å². The van der Waals surface area contributed by atoms with Crippen molar-refractivity contribution in [1.82, 2.24) is 10.2 Å². The van der Waals surface area contributed by atoms with Crippen LogP contribution in [0, 0.1) is 19.8 Å². The molecule has 2 heterocycles. The predicted octanol–water partition coefficient (Wildman–Crippen LogP) is 4.21. The highest BCUT2D eigenvalue weighted by atomic mass is 16.5. The SMILES string of the molecule is COc1ccc(CN2CCC[C@H](CCC(=O)NCc3ccc(C)o3)C2)cc1C. The Kier molecular flexibility index (Phi) is 7.15. The standard InChI is InChI=1S/C23H32N2O3/c1-17-13-20(7-10-22(17)27-3)16-25-12-4-5-19(15-25)8-11-23(26)24-14-21-9-6-18(2)28-21/h6-7,9-10,13,19H,4-5,8,11-12,14-16H2,1-3H3,(H,24,26)/t19-/m1/s1. The lowest BCUT2D eigenvalue weighted by Crippen LogP contribution is -2.35. The van der Waals surface area contributed by atoms with E-state index in [9.17, 15) is 4.79 Å². The zero-order valence-corrected chi connectivity index (χ0v) is 17.3. The molecule has 28 heavy (non-hydrogen) atoms. The molecule has 152 valence electrons. The van der Waals surface area contributed by atoms with Crippen molar-refractivity contribution in [2.75, 3.05) is 20.2 Å². The fraction of sp³-hybridized carbons (Fsp3) is 0.522. The van der Waals surface area contributed by atoms with Crippen LogP contribution in [0.3, 0.4) is 0 Å². The van der Waals surface area contributed by atoms with Gasteiger partial charge in [0.05, 0.1) is 13.7 Å². The van der Waals surface area contributed by atoms with Crippen molar-refractivity contribution < 1.29 is 13.9 Å². The number of likely N-dealkylation sites (tertiary alicyclic amines) is 1. The largest absolute Gasteiger partial charge is 0.496 e. The van der Waals surface area contributed by atoms with Crippen LogP contribution in [0.4, 0.5) is 0 Å². The molecule has 0 bridgehead atoms. The molecule has 3 rings (SSSR count). The third-order valence-corrected chi connectivity index (χ3v) is 5.50. The zero-order chi connectivity index (χ0) is 19.9. The molecule has 1 amide bonds. The van der Waals surface area contributed by atoms with Gasteiger partial charge >= 0.3 is 0 Å². The summed E-state index contributed by atoms with van der Waals surface area (Å²) < 4.78 is 10.8. The molecule has 1 aliphatic heterocycles. The molecular weight excluding hydrogens is 352 g/mol. The number of hydrogen-bond donors (Lipinski definition) is 1. The molecule has 0 unspecified atom stereocenters. The van der Waals surface area contributed by atoms with Crippen LogP contribution in [0.25, 0.3) is 0 Å². The van der Waals surface area contributed by atoms with Crippen molar-refractivity contribution in [3.8, 4) is 5.75 Å². The number of aryl methyl sites for hydroxylation is 2. The van der Waals surface area contributed by atoms with Crippen LogP contribution in [0.1, 0.15) is 48.3 Å². The molecule has 1 aromatic carbocycles. The van der Waals surface area contributed by atoms with Crippen molar-refractivity contribution in [3.63, 3.8) is 0 Å². The highest BCUT2D eigenvalue weighted by Gasteiger charge is 2.21. The summed E-state index contributed by atoms with van der Waals surface area (Å²) in [7, 11) is 1.71. The van der Waals surface area contributed by atoms with E-state index in [1.807, 2.05) is 19.1 Å². The molecular formula is C23H32N2O3. The van der Waals surface area contributed by atoms with E-state index in [-0.39, 0.29) is 5.91 Å². The first-order chi connectivity index (χ1) is 13.5.